The van der Waals surface area contributed by atoms with Crippen LogP contribution in [0.4, 0.5) is 0 Å². The number of carbonyl (C=O) groups excluding carboxylic acids is 1. The lowest BCUT2D eigenvalue weighted by Crippen LogP contribution is -2.44. The molecule has 160 valence electrons. The summed E-state index contributed by atoms with van der Waals surface area (Å²) >= 11 is 0. The minimum absolute atomic E-state index is 0.156. The molecule has 0 amide bonds. The molecule has 0 aromatic carbocycles. The third-order valence-electron chi connectivity index (χ3n) is 4.86. The van der Waals surface area contributed by atoms with Crippen LogP contribution in [0.15, 0.2) is 12.7 Å². The van der Waals surface area contributed by atoms with Crippen LogP contribution in [0.3, 0.4) is 0 Å². The summed E-state index contributed by atoms with van der Waals surface area (Å²) in [6.45, 7) is 5.46. The van der Waals surface area contributed by atoms with Crippen LogP contribution in [-0.2, 0) is 22.8 Å². The maximum absolute atomic E-state index is 11.1. The lowest BCUT2D eigenvalue weighted by Gasteiger charge is -2.25. The van der Waals surface area contributed by atoms with Gasteiger partial charge in [-0.3, -0.25) is 0 Å². The second-order valence-corrected chi connectivity index (χ2v) is 9.98. The Morgan fingerprint density at radius 1 is 0.815 bits per heavy atom. The van der Waals surface area contributed by atoms with Gasteiger partial charge in [-0.15, -0.1) is 0 Å². The first-order valence-electron chi connectivity index (χ1n) is 10.7. The SMILES string of the molecule is C=CC(=O)OCO[Si](CCCCCCCCCCCCCCC)(OC)OC. The normalized spacial score (nSPS) is 11.5. The fourth-order valence-corrected chi connectivity index (χ4v) is 4.95. The lowest BCUT2D eigenvalue weighted by atomic mass is 10.1. The van der Waals surface area contributed by atoms with Gasteiger partial charge in [0, 0.05) is 26.3 Å². The van der Waals surface area contributed by atoms with Gasteiger partial charge in [0.15, 0.2) is 6.79 Å². The first-order chi connectivity index (χ1) is 13.1. The highest BCUT2D eigenvalue weighted by Gasteiger charge is 2.38. The Morgan fingerprint density at radius 2 is 1.26 bits per heavy atom. The van der Waals surface area contributed by atoms with Crippen molar-refractivity contribution >= 4 is 14.8 Å². The molecule has 0 rings (SSSR count). The smallest absolute Gasteiger partial charge is 0.436 e. The second-order valence-electron chi connectivity index (χ2n) is 7.01. The predicted molar refractivity (Wildman–Crippen MR) is 113 cm³/mol. The molecule has 0 atom stereocenters. The molecule has 27 heavy (non-hydrogen) atoms. The highest BCUT2D eigenvalue weighted by Crippen LogP contribution is 2.19. The molecule has 0 aliphatic rings. The second kappa shape index (κ2) is 18.7. The highest BCUT2D eigenvalue weighted by atomic mass is 28.4. The third-order valence-corrected chi connectivity index (χ3v) is 7.62. The number of carbonyl (C=O) groups is 1. The minimum Gasteiger partial charge on any atom is -0.436 e. The predicted octanol–water partition coefficient (Wildman–Crippen LogP) is 6.01. The van der Waals surface area contributed by atoms with Crippen molar-refractivity contribution in [3.63, 3.8) is 0 Å². The first kappa shape index (κ1) is 26.3. The van der Waals surface area contributed by atoms with Gasteiger partial charge in [-0.25, -0.2) is 4.79 Å². The molecule has 0 aliphatic heterocycles. The monoisotopic (exact) mass is 402 g/mol. The van der Waals surface area contributed by atoms with Crippen molar-refractivity contribution in [2.75, 3.05) is 21.0 Å². The zero-order chi connectivity index (χ0) is 20.2. The van der Waals surface area contributed by atoms with Crippen LogP contribution in [-0.4, -0.2) is 35.8 Å². The van der Waals surface area contributed by atoms with E-state index in [4.69, 9.17) is 18.0 Å². The Labute approximate surface area is 168 Å². The number of hydrogen-bond donors (Lipinski definition) is 0. The molecule has 5 nitrogen and oxygen atoms in total. The van der Waals surface area contributed by atoms with Crippen LogP contribution in [0.1, 0.15) is 90.4 Å². The van der Waals surface area contributed by atoms with Gasteiger partial charge in [-0.1, -0.05) is 90.6 Å². The summed E-state index contributed by atoms with van der Waals surface area (Å²) in [6, 6.07) is 0.739. The summed E-state index contributed by atoms with van der Waals surface area (Å²) in [5.74, 6) is -0.508. The van der Waals surface area contributed by atoms with E-state index in [9.17, 15) is 4.79 Å². The van der Waals surface area contributed by atoms with Crippen LogP contribution >= 0.6 is 0 Å². The van der Waals surface area contributed by atoms with Gasteiger partial charge in [0.25, 0.3) is 0 Å². The van der Waals surface area contributed by atoms with Crippen molar-refractivity contribution in [3.8, 4) is 0 Å². The van der Waals surface area contributed by atoms with Crippen LogP contribution < -0.4 is 0 Å². The van der Waals surface area contributed by atoms with Crippen LogP contribution in [0, 0.1) is 0 Å². The van der Waals surface area contributed by atoms with Crippen molar-refractivity contribution in [1.82, 2.24) is 0 Å². The fraction of sp³-hybridized carbons (Fsp3) is 0.857. The van der Waals surface area contributed by atoms with Crippen molar-refractivity contribution in [3.05, 3.63) is 12.7 Å². The average molecular weight is 403 g/mol. The van der Waals surface area contributed by atoms with Gasteiger partial charge >= 0.3 is 14.8 Å². The van der Waals surface area contributed by atoms with Crippen LogP contribution in [0.25, 0.3) is 0 Å². The van der Waals surface area contributed by atoms with Crippen molar-refractivity contribution < 1.29 is 22.8 Å². The Hall–Kier alpha value is -0.693. The Morgan fingerprint density at radius 3 is 1.67 bits per heavy atom. The molecule has 0 radical (unpaired) electrons. The molecule has 0 aromatic rings. The van der Waals surface area contributed by atoms with Gasteiger partial charge in [0.05, 0.1) is 0 Å². The first-order valence-corrected chi connectivity index (χ1v) is 12.6. The zero-order valence-corrected chi connectivity index (χ0v) is 18.9. The number of unbranched alkanes of at least 4 members (excludes halogenated alkanes) is 12. The van der Waals surface area contributed by atoms with E-state index in [2.05, 4.69) is 13.5 Å². The Bertz CT molecular complexity index is 358. The number of hydrogen-bond acceptors (Lipinski definition) is 5. The molecule has 0 saturated carbocycles. The van der Waals surface area contributed by atoms with Crippen LogP contribution in [0.2, 0.25) is 6.04 Å². The maximum atomic E-state index is 11.1. The molecule has 0 heterocycles. The Balaban J connectivity index is 3.63. The maximum Gasteiger partial charge on any atom is 0.502 e. The molecule has 6 heteroatoms. The summed E-state index contributed by atoms with van der Waals surface area (Å²) in [5.41, 5.74) is 0. The van der Waals surface area contributed by atoms with Crippen LogP contribution in [0.5, 0.6) is 0 Å². The molecule has 0 spiro atoms. The number of ether oxygens (including phenoxy) is 1. The summed E-state index contributed by atoms with van der Waals surface area (Å²) in [6.07, 6.45) is 18.2. The van der Waals surface area contributed by atoms with E-state index >= 15 is 0 Å². The van der Waals surface area contributed by atoms with E-state index in [1.807, 2.05) is 0 Å². The van der Waals surface area contributed by atoms with E-state index < -0.39 is 14.8 Å². The van der Waals surface area contributed by atoms with Crippen molar-refractivity contribution in [2.24, 2.45) is 0 Å². The van der Waals surface area contributed by atoms with E-state index in [1.165, 1.54) is 70.6 Å². The average Bonchev–Trinajstić information content (AvgIpc) is 2.70. The molecular weight excluding hydrogens is 360 g/mol. The van der Waals surface area contributed by atoms with Gasteiger partial charge < -0.3 is 18.0 Å². The van der Waals surface area contributed by atoms with Gasteiger partial charge in [0.1, 0.15) is 0 Å². The van der Waals surface area contributed by atoms with Gasteiger partial charge in [0.2, 0.25) is 0 Å². The zero-order valence-electron chi connectivity index (χ0n) is 17.9. The van der Waals surface area contributed by atoms with Crippen molar-refractivity contribution in [2.45, 2.75) is 96.4 Å². The fourth-order valence-electron chi connectivity index (χ4n) is 3.07. The molecule has 0 fully saturated rings. The molecule has 0 aromatic heterocycles. The third kappa shape index (κ3) is 15.0. The van der Waals surface area contributed by atoms with E-state index in [0.717, 1.165) is 25.0 Å². The summed E-state index contributed by atoms with van der Waals surface area (Å²) in [4.78, 5) is 11.1. The standard InChI is InChI=1S/C21H42O5Si/c1-5-7-8-9-10-11-12-13-14-15-16-17-18-19-27(23-3,24-4)26-20-25-21(22)6-2/h6H,2,5,7-20H2,1,3-4H3. The van der Waals surface area contributed by atoms with E-state index in [1.54, 1.807) is 14.2 Å². The molecule has 0 unspecified atom stereocenters. The summed E-state index contributed by atoms with van der Waals surface area (Å²) < 4.78 is 21.4. The number of esters is 1. The van der Waals surface area contributed by atoms with E-state index in [-0.39, 0.29) is 6.79 Å². The summed E-state index contributed by atoms with van der Waals surface area (Å²) in [5, 5.41) is 0. The molecule has 0 N–H and O–H groups in total. The molecule has 0 saturated heterocycles. The lowest BCUT2D eigenvalue weighted by molar-refractivity contribution is -0.146. The number of rotatable bonds is 20. The summed E-state index contributed by atoms with van der Waals surface area (Å²) in [7, 11) is 0.446. The largest absolute Gasteiger partial charge is 0.502 e. The quantitative estimate of drug-likeness (QED) is 0.0820. The van der Waals surface area contributed by atoms with Gasteiger partial charge in [-0.05, 0) is 6.42 Å². The Kier molecular flexibility index (Phi) is 18.2. The topological polar surface area (TPSA) is 54.0 Å². The molecular formula is C21H42O5Si. The molecule has 0 bridgehead atoms. The minimum atomic E-state index is -2.73. The van der Waals surface area contributed by atoms with E-state index in [0.29, 0.717) is 0 Å². The highest BCUT2D eigenvalue weighted by molar-refractivity contribution is 6.60. The van der Waals surface area contributed by atoms with Gasteiger partial charge in [-0.2, -0.15) is 0 Å². The van der Waals surface area contributed by atoms with Crippen molar-refractivity contribution in [1.29, 1.82) is 0 Å². The molecule has 0 aliphatic carbocycles.